The molecular weight excluding hydrogens is 477 g/mol. The zero-order valence-corrected chi connectivity index (χ0v) is 19.1. The molecule has 1 unspecified atom stereocenters. The summed E-state index contributed by atoms with van der Waals surface area (Å²) in [6, 6.07) is 18.8. The van der Waals surface area contributed by atoms with Crippen LogP contribution < -0.4 is 31.7 Å². The molecule has 0 aromatic heterocycles. The van der Waals surface area contributed by atoms with Crippen LogP contribution in [0.5, 0.6) is 11.5 Å². The Kier molecular flexibility index (Phi) is 6.80. The Morgan fingerprint density at radius 3 is 2.38 bits per heavy atom. The Morgan fingerprint density at radius 2 is 1.72 bits per heavy atom. The van der Waals surface area contributed by atoms with Gasteiger partial charge in [-0.15, -0.1) is 0 Å². The molecular formula is C24H27INO3-. The van der Waals surface area contributed by atoms with E-state index in [1.807, 2.05) is 61.5 Å². The fourth-order valence-corrected chi connectivity index (χ4v) is 5.71. The average Bonchev–Trinajstić information content (AvgIpc) is 2.67. The van der Waals surface area contributed by atoms with Crippen LogP contribution in [-0.2, 0) is 10.3 Å². The summed E-state index contributed by atoms with van der Waals surface area (Å²) in [6.07, 6.45) is 0.886. The summed E-state index contributed by atoms with van der Waals surface area (Å²) in [5, 5.41) is 11.8. The molecule has 3 rings (SSSR count). The predicted molar refractivity (Wildman–Crippen MR) is 112 cm³/mol. The van der Waals surface area contributed by atoms with Crippen molar-refractivity contribution < 1.29 is 35.8 Å². The third-order valence-electron chi connectivity index (χ3n) is 4.75. The summed E-state index contributed by atoms with van der Waals surface area (Å²) < 4.78 is 7.01. The molecule has 0 fully saturated rings. The molecule has 3 N–H and O–H groups in total. The molecule has 0 saturated heterocycles. The van der Waals surface area contributed by atoms with Gasteiger partial charge in [0.25, 0.3) is 0 Å². The number of halogens is 1. The number of carbonyl (C=O) groups excluding carboxylic acids is 1. The first kappa shape index (κ1) is 21.6. The predicted octanol–water partition coefficient (Wildman–Crippen LogP) is 1.63. The van der Waals surface area contributed by atoms with Crippen molar-refractivity contribution in [1.82, 2.24) is 0 Å². The second-order valence-electron chi connectivity index (χ2n) is 7.89. The van der Waals surface area contributed by atoms with E-state index in [0.717, 1.165) is 26.3 Å². The van der Waals surface area contributed by atoms with Gasteiger partial charge in [0.05, 0.1) is 0 Å². The van der Waals surface area contributed by atoms with Crippen LogP contribution in [0.25, 0.3) is 10.8 Å². The average molecular weight is 504 g/mol. The fraction of sp³-hybridized carbons (Fsp3) is 0.292. The van der Waals surface area contributed by atoms with Gasteiger partial charge in [0, 0.05) is 0 Å². The van der Waals surface area contributed by atoms with E-state index in [9.17, 15) is 9.90 Å². The number of alkyl halides is 1. The van der Waals surface area contributed by atoms with Crippen LogP contribution in [0.1, 0.15) is 32.8 Å². The van der Waals surface area contributed by atoms with E-state index in [1.165, 1.54) is 0 Å². The third-order valence-corrected chi connectivity index (χ3v) is 7.51. The fourth-order valence-electron chi connectivity index (χ4n) is 3.52. The van der Waals surface area contributed by atoms with E-state index in [1.54, 1.807) is 6.07 Å². The number of hydrogen-bond acceptors (Lipinski definition) is 4. The van der Waals surface area contributed by atoms with Crippen molar-refractivity contribution >= 4 is 16.7 Å². The molecule has 3 aromatic rings. The van der Waals surface area contributed by atoms with Gasteiger partial charge in [-0.2, -0.15) is 0 Å². The van der Waals surface area contributed by atoms with E-state index in [0.29, 0.717) is 16.1 Å². The number of hydrogen-bond donors (Lipinski definition) is 2. The molecule has 0 bridgehead atoms. The van der Waals surface area contributed by atoms with Crippen LogP contribution in [0.2, 0.25) is 0 Å². The number of phenolic OH excluding ortho intramolecular Hbond substituents is 1. The van der Waals surface area contributed by atoms with Crippen molar-refractivity contribution in [2.45, 2.75) is 32.7 Å². The Labute approximate surface area is 182 Å². The topological polar surface area (TPSA) is 72.5 Å². The number of aromatic hydroxyl groups is 1. The van der Waals surface area contributed by atoms with E-state index >= 15 is 0 Å². The van der Waals surface area contributed by atoms with Crippen molar-refractivity contribution in [2.75, 3.05) is 4.43 Å². The quantitative estimate of drug-likeness (QED) is 0.222. The maximum atomic E-state index is 12.3. The van der Waals surface area contributed by atoms with Crippen molar-refractivity contribution in [2.24, 2.45) is 11.7 Å². The molecule has 0 radical (unpaired) electrons. The summed E-state index contributed by atoms with van der Waals surface area (Å²) >= 11 is -0.568. The Bertz CT molecular complexity index is 997. The van der Waals surface area contributed by atoms with Crippen LogP contribution in [-0.4, -0.2) is 15.5 Å². The molecule has 0 saturated carbocycles. The summed E-state index contributed by atoms with van der Waals surface area (Å²) in [4.78, 5) is 12.3. The van der Waals surface area contributed by atoms with Gasteiger partial charge in [-0.05, 0) is 0 Å². The van der Waals surface area contributed by atoms with Crippen molar-refractivity contribution in [3.63, 3.8) is 0 Å². The van der Waals surface area contributed by atoms with Crippen molar-refractivity contribution in [3.05, 3.63) is 69.8 Å². The van der Waals surface area contributed by atoms with Gasteiger partial charge in [0.15, 0.2) is 0 Å². The molecule has 0 spiro atoms. The third kappa shape index (κ3) is 5.48. The van der Waals surface area contributed by atoms with Crippen LogP contribution in [0, 0.1) is 9.49 Å². The van der Waals surface area contributed by atoms with Gasteiger partial charge in [-0.3, -0.25) is 0 Å². The van der Waals surface area contributed by atoms with Gasteiger partial charge < -0.3 is 0 Å². The van der Waals surface area contributed by atoms with Gasteiger partial charge in [0.1, 0.15) is 0 Å². The summed E-state index contributed by atoms with van der Waals surface area (Å²) in [6.45, 7) is 6.34. The van der Waals surface area contributed by atoms with Crippen LogP contribution in [0.4, 0.5) is 0 Å². The minimum absolute atomic E-state index is 0.236. The molecule has 1 atom stereocenters. The Morgan fingerprint density at radius 1 is 1.07 bits per heavy atom. The zero-order valence-electron chi connectivity index (χ0n) is 17.0. The van der Waals surface area contributed by atoms with Gasteiger partial charge in [0.2, 0.25) is 0 Å². The van der Waals surface area contributed by atoms with Crippen molar-refractivity contribution in [3.8, 4) is 11.5 Å². The Balaban J connectivity index is 1.63. The summed E-state index contributed by atoms with van der Waals surface area (Å²) in [7, 11) is 0. The Hall–Kier alpha value is -2.12. The van der Waals surface area contributed by atoms with Crippen LogP contribution in [0.3, 0.4) is 0 Å². The first-order chi connectivity index (χ1) is 13.8. The van der Waals surface area contributed by atoms with E-state index < -0.39 is 26.7 Å². The number of carbonyl (C=O) groups is 1. The van der Waals surface area contributed by atoms with Crippen LogP contribution in [0.15, 0.2) is 60.7 Å². The second-order valence-corrected chi connectivity index (χ2v) is 10.6. The first-order valence-corrected chi connectivity index (χ1v) is 12.3. The van der Waals surface area contributed by atoms with Gasteiger partial charge >= 0.3 is 183 Å². The number of benzene rings is 3. The summed E-state index contributed by atoms with van der Waals surface area (Å²) in [5.41, 5.74) is 7.07. The molecule has 29 heavy (non-hydrogen) atoms. The number of ether oxygens (including phenoxy) is 1. The normalized spacial score (nSPS) is 13.6. The molecule has 154 valence electrons. The number of fused-ring (bicyclic) bond motifs is 1. The molecule has 0 aliphatic carbocycles. The van der Waals surface area contributed by atoms with E-state index in [4.69, 9.17) is 10.5 Å². The molecule has 0 aliphatic heterocycles. The molecule has 4 nitrogen and oxygen atoms in total. The zero-order chi connectivity index (χ0) is 21.0. The molecule has 3 aromatic carbocycles. The summed E-state index contributed by atoms with van der Waals surface area (Å²) in [5.74, 6) is 1.07. The maximum absolute atomic E-state index is 12.3. The number of rotatable bonds is 7. The van der Waals surface area contributed by atoms with Gasteiger partial charge in [-0.1, -0.05) is 0 Å². The number of nitrogens with two attached hydrogens (primary N) is 1. The van der Waals surface area contributed by atoms with Crippen LogP contribution >= 0.6 is 0 Å². The van der Waals surface area contributed by atoms with Crippen molar-refractivity contribution in [1.29, 1.82) is 0 Å². The standard InChI is InChI=1S/C24H27INO3/c1-16(2)14-24(3,26)17-8-10-18(11-9-17)29-23(28)15-25-21-12-13-22(27)20-7-5-4-6-19(20)21/h4-13,16,27H,14-15,26H2,1-3H3/q-1. The molecule has 0 amide bonds. The van der Waals surface area contributed by atoms with E-state index in [-0.39, 0.29) is 11.7 Å². The first-order valence-electron chi connectivity index (χ1n) is 9.66. The SMILES string of the molecule is CC(C)CC(C)(N)c1ccc(OC(=O)C[I-]c2ccc(O)c3ccccc23)cc1. The molecule has 0 heterocycles. The minimum atomic E-state index is -0.568. The van der Waals surface area contributed by atoms with Gasteiger partial charge in [-0.25, -0.2) is 0 Å². The molecule has 5 heteroatoms. The van der Waals surface area contributed by atoms with E-state index in [2.05, 4.69) is 13.8 Å². The number of phenols is 1. The number of esters is 1. The monoisotopic (exact) mass is 504 g/mol. The second kappa shape index (κ2) is 9.13. The molecule has 0 aliphatic rings.